The van der Waals surface area contributed by atoms with Gasteiger partial charge in [0.1, 0.15) is 0 Å². The number of carbonyl (C=O) groups is 1. The zero-order valence-corrected chi connectivity index (χ0v) is 15.3. The van der Waals surface area contributed by atoms with Crippen LogP contribution in [0.4, 0.5) is 4.79 Å². The van der Waals surface area contributed by atoms with Crippen LogP contribution in [0.2, 0.25) is 5.02 Å². The Kier molecular flexibility index (Phi) is 5.60. The minimum atomic E-state index is -0.0820. The number of nitrogens with zero attached hydrogens (tertiary/aromatic N) is 3. The summed E-state index contributed by atoms with van der Waals surface area (Å²) >= 11 is 6.02. The van der Waals surface area contributed by atoms with Gasteiger partial charge in [-0.05, 0) is 31.5 Å². The van der Waals surface area contributed by atoms with Gasteiger partial charge in [-0.25, -0.2) is 4.79 Å². The number of halogens is 1. The van der Waals surface area contributed by atoms with Crippen LogP contribution >= 0.6 is 11.6 Å². The van der Waals surface area contributed by atoms with E-state index in [1.165, 1.54) is 0 Å². The Morgan fingerprint density at radius 2 is 2.08 bits per heavy atom. The second kappa shape index (κ2) is 7.89. The number of aryl methyl sites for hydroxylation is 1. The van der Waals surface area contributed by atoms with E-state index in [-0.39, 0.29) is 12.1 Å². The summed E-state index contributed by atoms with van der Waals surface area (Å²) in [7, 11) is 0. The highest BCUT2D eigenvalue weighted by Crippen LogP contribution is 2.18. The molecule has 2 aromatic rings. The molecule has 7 heteroatoms. The molecule has 1 atom stereocenters. The highest BCUT2D eigenvalue weighted by atomic mass is 35.5. The molecule has 3 rings (SSSR count). The topological polar surface area (TPSA) is 61.6 Å². The summed E-state index contributed by atoms with van der Waals surface area (Å²) in [4.78, 5) is 16.6. The lowest BCUT2D eigenvalue weighted by molar-refractivity contribution is 0.126. The first-order valence-electron chi connectivity index (χ1n) is 8.47. The third kappa shape index (κ3) is 4.74. The van der Waals surface area contributed by atoms with E-state index in [1.807, 2.05) is 49.1 Å². The van der Waals surface area contributed by atoms with Gasteiger partial charge in [0.2, 0.25) is 0 Å². The van der Waals surface area contributed by atoms with Gasteiger partial charge in [0.15, 0.2) is 5.76 Å². The third-order valence-corrected chi connectivity index (χ3v) is 4.64. The largest absolute Gasteiger partial charge is 0.360 e. The molecule has 2 heterocycles. The van der Waals surface area contributed by atoms with Crippen LogP contribution in [0.5, 0.6) is 0 Å². The Hall–Kier alpha value is -2.05. The SMILES string of the molecule is Cc1cc(CN2CCN(C(=O)NC(C)c3cccc(Cl)c3)CC2)on1. The molecule has 0 saturated carbocycles. The van der Waals surface area contributed by atoms with Gasteiger partial charge in [-0.15, -0.1) is 0 Å². The van der Waals surface area contributed by atoms with Crippen molar-refractivity contribution in [3.8, 4) is 0 Å². The normalized spacial score (nSPS) is 16.7. The number of hydrogen-bond acceptors (Lipinski definition) is 4. The molecular formula is C18H23ClN4O2. The van der Waals surface area contributed by atoms with E-state index in [2.05, 4.69) is 15.4 Å². The van der Waals surface area contributed by atoms with Crippen molar-refractivity contribution >= 4 is 17.6 Å². The minimum Gasteiger partial charge on any atom is -0.360 e. The van der Waals surface area contributed by atoms with E-state index in [9.17, 15) is 4.79 Å². The molecule has 1 aromatic heterocycles. The van der Waals surface area contributed by atoms with Gasteiger partial charge in [-0.1, -0.05) is 28.9 Å². The fourth-order valence-electron chi connectivity index (χ4n) is 2.96. The van der Waals surface area contributed by atoms with E-state index in [0.717, 1.165) is 36.7 Å². The first kappa shape index (κ1) is 17.8. The predicted molar refractivity (Wildman–Crippen MR) is 96.5 cm³/mol. The van der Waals surface area contributed by atoms with E-state index >= 15 is 0 Å². The Labute approximate surface area is 152 Å². The molecule has 1 aromatic carbocycles. The molecule has 6 nitrogen and oxygen atoms in total. The summed E-state index contributed by atoms with van der Waals surface area (Å²) in [5.74, 6) is 0.866. The Balaban J connectivity index is 1.48. The number of hydrogen-bond donors (Lipinski definition) is 1. The van der Waals surface area contributed by atoms with Crippen molar-refractivity contribution in [3.05, 3.63) is 52.4 Å². The van der Waals surface area contributed by atoms with Gasteiger partial charge in [-0.3, -0.25) is 4.90 Å². The maximum atomic E-state index is 12.5. The van der Waals surface area contributed by atoms with Crippen LogP contribution in [-0.2, 0) is 6.54 Å². The molecule has 0 aliphatic carbocycles. The second-order valence-electron chi connectivity index (χ2n) is 6.42. The van der Waals surface area contributed by atoms with Gasteiger partial charge < -0.3 is 14.7 Å². The van der Waals surface area contributed by atoms with Crippen LogP contribution in [0, 0.1) is 6.92 Å². The highest BCUT2D eigenvalue weighted by Gasteiger charge is 2.23. The van der Waals surface area contributed by atoms with E-state index < -0.39 is 0 Å². The summed E-state index contributed by atoms with van der Waals surface area (Å²) in [5, 5.41) is 7.63. The highest BCUT2D eigenvalue weighted by molar-refractivity contribution is 6.30. The first-order chi connectivity index (χ1) is 12.0. The number of carbonyl (C=O) groups excluding carboxylic acids is 1. The molecule has 1 unspecified atom stereocenters. The zero-order chi connectivity index (χ0) is 17.8. The van der Waals surface area contributed by atoms with Crippen molar-refractivity contribution in [2.75, 3.05) is 26.2 Å². The number of aromatic nitrogens is 1. The van der Waals surface area contributed by atoms with E-state index in [0.29, 0.717) is 18.1 Å². The molecule has 25 heavy (non-hydrogen) atoms. The quantitative estimate of drug-likeness (QED) is 0.907. The molecule has 1 fully saturated rings. The van der Waals surface area contributed by atoms with Gasteiger partial charge in [-0.2, -0.15) is 0 Å². The molecular weight excluding hydrogens is 340 g/mol. The van der Waals surface area contributed by atoms with Crippen molar-refractivity contribution in [1.29, 1.82) is 0 Å². The molecule has 134 valence electrons. The number of rotatable bonds is 4. The Morgan fingerprint density at radius 3 is 2.72 bits per heavy atom. The van der Waals surface area contributed by atoms with Gasteiger partial charge in [0.05, 0.1) is 18.3 Å². The molecule has 2 amide bonds. The molecule has 1 N–H and O–H groups in total. The summed E-state index contributed by atoms with van der Waals surface area (Å²) in [6.07, 6.45) is 0. The molecule has 0 spiro atoms. The van der Waals surface area contributed by atoms with Crippen molar-refractivity contribution in [3.63, 3.8) is 0 Å². The van der Waals surface area contributed by atoms with E-state index in [4.69, 9.17) is 16.1 Å². The van der Waals surface area contributed by atoms with Crippen molar-refractivity contribution in [2.24, 2.45) is 0 Å². The van der Waals surface area contributed by atoms with Crippen molar-refractivity contribution < 1.29 is 9.32 Å². The Bertz CT molecular complexity index is 725. The number of urea groups is 1. The van der Waals surface area contributed by atoms with Gasteiger partial charge in [0, 0.05) is 37.3 Å². The first-order valence-corrected chi connectivity index (χ1v) is 8.84. The number of amides is 2. The third-order valence-electron chi connectivity index (χ3n) is 4.40. The maximum absolute atomic E-state index is 12.5. The van der Waals surface area contributed by atoms with Crippen LogP contribution in [0.25, 0.3) is 0 Å². The summed E-state index contributed by atoms with van der Waals surface area (Å²) in [6.45, 7) is 7.64. The summed E-state index contributed by atoms with van der Waals surface area (Å²) in [5.41, 5.74) is 1.89. The molecule has 1 saturated heterocycles. The lowest BCUT2D eigenvalue weighted by Gasteiger charge is -2.34. The van der Waals surface area contributed by atoms with Crippen molar-refractivity contribution in [1.82, 2.24) is 20.3 Å². The van der Waals surface area contributed by atoms with Crippen LogP contribution in [0.1, 0.15) is 30.0 Å². The smallest absolute Gasteiger partial charge is 0.317 e. The average Bonchev–Trinajstić information content (AvgIpc) is 3.00. The van der Waals surface area contributed by atoms with Crippen LogP contribution in [0.3, 0.4) is 0 Å². The lowest BCUT2D eigenvalue weighted by atomic mass is 10.1. The minimum absolute atomic E-state index is 0.0392. The summed E-state index contributed by atoms with van der Waals surface area (Å²) in [6, 6.07) is 9.40. The van der Waals surface area contributed by atoms with Crippen LogP contribution < -0.4 is 5.32 Å². The number of benzene rings is 1. The van der Waals surface area contributed by atoms with Gasteiger partial charge in [0.25, 0.3) is 0 Å². The molecule has 0 radical (unpaired) electrons. The zero-order valence-electron chi connectivity index (χ0n) is 14.5. The molecule has 1 aliphatic rings. The van der Waals surface area contributed by atoms with Crippen LogP contribution in [-0.4, -0.2) is 47.2 Å². The fourth-order valence-corrected chi connectivity index (χ4v) is 3.15. The van der Waals surface area contributed by atoms with Crippen molar-refractivity contribution in [2.45, 2.75) is 26.4 Å². The van der Waals surface area contributed by atoms with Crippen LogP contribution in [0.15, 0.2) is 34.9 Å². The van der Waals surface area contributed by atoms with Gasteiger partial charge >= 0.3 is 6.03 Å². The Morgan fingerprint density at radius 1 is 1.32 bits per heavy atom. The summed E-state index contributed by atoms with van der Waals surface area (Å²) < 4.78 is 5.26. The lowest BCUT2D eigenvalue weighted by Crippen LogP contribution is -2.51. The maximum Gasteiger partial charge on any atom is 0.317 e. The van der Waals surface area contributed by atoms with E-state index in [1.54, 1.807) is 0 Å². The monoisotopic (exact) mass is 362 g/mol. The fraction of sp³-hybridized carbons (Fsp3) is 0.444. The standard InChI is InChI=1S/C18H23ClN4O2/c1-13-10-17(25-21-13)12-22-6-8-23(9-7-22)18(24)20-14(2)15-4-3-5-16(19)11-15/h3-5,10-11,14H,6-9,12H2,1-2H3,(H,20,24). The second-order valence-corrected chi connectivity index (χ2v) is 6.86. The predicted octanol–water partition coefficient (Wildman–Crippen LogP) is 3.22. The average molecular weight is 363 g/mol. The molecule has 1 aliphatic heterocycles. The number of nitrogens with one attached hydrogen (secondary N) is 1. The molecule has 0 bridgehead atoms. The number of piperazine rings is 1.